The Labute approximate surface area is 250 Å². The molecule has 0 saturated heterocycles. The Hall–Kier alpha value is -4.13. The number of hydrogen-bond acceptors (Lipinski definition) is 10. The summed E-state index contributed by atoms with van der Waals surface area (Å²) in [7, 11) is 1.39. The van der Waals surface area contributed by atoms with Gasteiger partial charge in [-0.1, -0.05) is 71.6 Å². The van der Waals surface area contributed by atoms with E-state index in [9.17, 15) is 19.8 Å². The van der Waals surface area contributed by atoms with E-state index in [-0.39, 0.29) is 32.4 Å². The number of amides is 1. The molecule has 0 fully saturated rings. The van der Waals surface area contributed by atoms with Crippen LogP contribution in [0.2, 0.25) is 0 Å². The minimum Gasteiger partial charge on any atom is -0.503 e. The van der Waals surface area contributed by atoms with E-state index in [0.717, 1.165) is 5.56 Å². The lowest BCUT2D eigenvalue weighted by molar-refractivity contribution is -0.117. The Kier molecular flexibility index (Phi) is 7.28. The molecule has 2 N–H and O–H groups in total. The van der Waals surface area contributed by atoms with Gasteiger partial charge in [-0.25, -0.2) is 0 Å². The van der Waals surface area contributed by atoms with Gasteiger partial charge in [-0.3, -0.25) is 14.5 Å². The van der Waals surface area contributed by atoms with Crippen LogP contribution in [-0.2, 0) is 10.5 Å². The summed E-state index contributed by atoms with van der Waals surface area (Å²) in [6, 6.07) is 20.5. The number of anilines is 1. The molecule has 3 aromatic carbocycles. The van der Waals surface area contributed by atoms with Crippen LogP contribution >= 0.6 is 39.0 Å². The van der Waals surface area contributed by atoms with Crippen molar-refractivity contribution in [3.8, 4) is 11.5 Å². The molecule has 0 radical (unpaired) electrons. The second-order valence-electron chi connectivity index (χ2n) is 9.00. The molecule has 9 nitrogen and oxygen atoms in total. The number of hydrogen-bond donors (Lipinski definition) is 2. The van der Waals surface area contributed by atoms with Gasteiger partial charge in [0.15, 0.2) is 27.4 Å². The summed E-state index contributed by atoms with van der Waals surface area (Å²) in [4.78, 5) is 28.7. The van der Waals surface area contributed by atoms with Crippen molar-refractivity contribution in [2.24, 2.45) is 0 Å². The van der Waals surface area contributed by atoms with Crippen molar-refractivity contribution in [3.05, 3.63) is 105 Å². The summed E-state index contributed by atoms with van der Waals surface area (Å²) in [6.07, 6.45) is 0. The van der Waals surface area contributed by atoms with Crippen LogP contribution in [-0.4, -0.2) is 39.2 Å². The Bertz CT molecular complexity index is 1800. The SMILES string of the molecule is COc1cc(C2C(C(=O)c3cc4ccccc4o3)=C(O)C(=O)N2c2nnc(SCc3ccccc3)s2)cc(Br)c1O. The molecule has 0 aliphatic carbocycles. The molecule has 1 atom stereocenters. The van der Waals surface area contributed by atoms with Crippen molar-refractivity contribution in [2.45, 2.75) is 16.1 Å². The van der Waals surface area contributed by atoms with Gasteiger partial charge in [0.05, 0.1) is 23.2 Å². The first kappa shape index (κ1) is 27.1. The zero-order valence-corrected chi connectivity index (χ0v) is 24.5. The van der Waals surface area contributed by atoms with Crippen LogP contribution in [0, 0.1) is 0 Å². The molecule has 5 aromatic rings. The van der Waals surface area contributed by atoms with Crippen LogP contribution < -0.4 is 9.64 Å². The highest BCUT2D eigenvalue weighted by Crippen LogP contribution is 2.47. The quantitative estimate of drug-likeness (QED) is 0.106. The first-order valence-electron chi connectivity index (χ1n) is 12.2. The van der Waals surface area contributed by atoms with Crippen LogP contribution in [0.25, 0.3) is 11.0 Å². The monoisotopic (exact) mass is 649 g/mol. The van der Waals surface area contributed by atoms with E-state index in [1.165, 1.54) is 41.2 Å². The number of fused-ring (bicyclic) bond motifs is 1. The number of phenolic OH excluding ortho intramolecular Hbond substituents is 1. The predicted octanol–water partition coefficient (Wildman–Crippen LogP) is 6.84. The van der Waals surface area contributed by atoms with E-state index in [1.807, 2.05) is 36.4 Å². The molecule has 12 heteroatoms. The predicted molar refractivity (Wildman–Crippen MR) is 159 cm³/mol. The second kappa shape index (κ2) is 11.0. The zero-order valence-electron chi connectivity index (χ0n) is 21.3. The van der Waals surface area contributed by atoms with E-state index >= 15 is 0 Å². The number of aliphatic hydroxyl groups is 1. The first-order chi connectivity index (χ1) is 19.9. The third kappa shape index (κ3) is 4.98. The summed E-state index contributed by atoms with van der Waals surface area (Å²) >= 11 is 5.94. The molecule has 3 heterocycles. The number of phenols is 1. The molecule has 0 saturated carbocycles. The van der Waals surface area contributed by atoms with Gasteiger partial charge < -0.3 is 19.4 Å². The van der Waals surface area contributed by atoms with Crippen molar-refractivity contribution in [3.63, 3.8) is 0 Å². The summed E-state index contributed by atoms with van der Waals surface area (Å²) in [5, 5.41) is 30.9. The molecule has 1 aliphatic rings. The molecule has 0 bridgehead atoms. The molecule has 0 spiro atoms. The van der Waals surface area contributed by atoms with Gasteiger partial charge in [-0.2, -0.15) is 0 Å². The average molecular weight is 651 g/mol. The number of ether oxygens (including phenoxy) is 1. The number of halogens is 1. The summed E-state index contributed by atoms with van der Waals surface area (Å²) in [5.41, 5.74) is 1.79. The average Bonchev–Trinajstić information content (AvgIpc) is 3.70. The topological polar surface area (TPSA) is 126 Å². The molecule has 41 heavy (non-hydrogen) atoms. The van der Waals surface area contributed by atoms with E-state index in [2.05, 4.69) is 26.1 Å². The summed E-state index contributed by atoms with van der Waals surface area (Å²) in [5.74, 6) is -1.62. The summed E-state index contributed by atoms with van der Waals surface area (Å²) in [6.45, 7) is 0. The zero-order chi connectivity index (χ0) is 28.7. The Morgan fingerprint density at radius 3 is 2.61 bits per heavy atom. The molecular weight excluding hydrogens is 630 g/mol. The molecule has 1 aliphatic heterocycles. The van der Waals surface area contributed by atoms with Crippen molar-refractivity contribution in [2.75, 3.05) is 12.0 Å². The Morgan fingerprint density at radius 2 is 1.85 bits per heavy atom. The van der Waals surface area contributed by atoms with Crippen molar-refractivity contribution in [1.29, 1.82) is 0 Å². The molecule has 2 aromatic heterocycles. The third-order valence-electron chi connectivity index (χ3n) is 6.50. The van der Waals surface area contributed by atoms with Gasteiger partial charge in [-0.05, 0) is 51.3 Å². The van der Waals surface area contributed by atoms with Crippen LogP contribution in [0.4, 0.5) is 5.13 Å². The minimum absolute atomic E-state index is 0.0337. The molecule has 1 amide bonds. The number of carbonyl (C=O) groups excluding carboxylic acids is 2. The lowest BCUT2D eigenvalue weighted by atomic mass is 9.95. The smallest absolute Gasteiger partial charge is 0.296 e. The fourth-order valence-corrected chi connectivity index (χ4v) is 6.84. The highest BCUT2D eigenvalue weighted by Gasteiger charge is 2.47. The number of aliphatic hydroxyl groups excluding tert-OH is 1. The number of benzene rings is 3. The number of methoxy groups -OCH3 is 1. The standard InChI is InChI=1S/C29H20BrN3O6S2/c1-38-20-13-17(11-18(30)24(20)34)23-22(25(35)21-12-16-9-5-6-10-19(16)39-21)26(36)27(37)33(23)28-31-32-29(41-28)40-14-15-7-3-2-4-8-15/h2-13,23,34,36H,14H2,1H3. The molecular formula is C29H20BrN3O6S2. The Morgan fingerprint density at radius 1 is 1.10 bits per heavy atom. The number of furan rings is 1. The number of aromatic nitrogens is 2. The first-order valence-corrected chi connectivity index (χ1v) is 14.8. The largest absolute Gasteiger partial charge is 0.503 e. The highest BCUT2D eigenvalue weighted by atomic mass is 79.9. The van der Waals surface area contributed by atoms with Gasteiger partial charge >= 0.3 is 0 Å². The normalized spacial score (nSPS) is 15.2. The number of Topliss-reactive ketones (excluding diaryl/α,β-unsaturated/α-hetero) is 1. The van der Waals surface area contributed by atoms with Gasteiger partial charge in [0, 0.05) is 11.1 Å². The third-order valence-corrected chi connectivity index (χ3v) is 9.23. The number of carbonyl (C=O) groups is 2. The maximum absolute atomic E-state index is 13.9. The van der Waals surface area contributed by atoms with Crippen LogP contribution in [0.1, 0.15) is 27.7 Å². The van der Waals surface area contributed by atoms with Crippen molar-refractivity contribution in [1.82, 2.24) is 10.2 Å². The lowest BCUT2D eigenvalue weighted by Gasteiger charge is -2.24. The van der Waals surface area contributed by atoms with Gasteiger partial charge in [-0.15, -0.1) is 10.2 Å². The van der Waals surface area contributed by atoms with Gasteiger partial charge in [0.1, 0.15) is 5.58 Å². The number of ketones is 1. The highest BCUT2D eigenvalue weighted by molar-refractivity contribution is 9.10. The van der Waals surface area contributed by atoms with E-state index < -0.39 is 23.5 Å². The summed E-state index contributed by atoms with van der Waals surface area (Å²) < 4.78 is 12.0. The van der Waals surface area contributed by atoms with E-state index in [4.69, 9.17) is 9.15 Å². The minimum atomic E-state index is -1.12. The van der Waals surface area contributed by atoms with Gasteiger partial charge in [0.2, 0.25) is 10.9 Å². The molecule has 1 unspecified atom stereocenters. The van der Waals surface area contributed by atoms with E-state index in [1.54, 1.807) is 30.3 Å². The number of para-hydroxylation sites is 1. The number of thioether (sulfide) groups is 1. The Balaban J connectivity index is 1.42. The fraction of sp³-hybridized carbons (Fsp3) is 0.103. The maximum atomic E-state index is 13.9. The van der Waals surface area contributed by atoms with E-state index in [0.29, 0.717) is 26.6 Å². The fourth-order valence-electron chi connectivity index (χ4n) is 4.56. The second-order valence-corrected chi connectivity index (χ2v) is 12.0. The van der Waals surface area contributed by atoms with Crippen LogP contribution in [0.15, 0.2) is 97.4 Å². The number of rotatable bonds is 8. The van der Waals surface area contributed by atoms with Crippen molar-refractivity contribution >= 4 is 66.8 Å². The number of nitrogens with zero attached hydrogens (tertiary/aromatic N) is 3. The lowest BCUT2D eigenvalue weighted by Crippen LogP contribution is -2.31. The van der Waals surface area contributed by atoms with Crippen LogP contribution in [0.3, 0.4) is 0 Å². The number of aromatic hydroxyl groups is 1. The molecule has 206 valence electrons. The maximum Gasteiger partial charge on any atom is 0.296 e. The van der Waals surface area contributed by atoms with Crippen molar-refractivity contribution < 1.29 is 29.0 Å². The van der Waals surface area contributed by atoms with Crippen LogP contribution in [0.5, 0.6) is 11.5 Å². The van der Waals surface area contributed by atoms with Gasteiger partial charge in [0.25, 0.3) is 5.91 Å². The molecule has 6 rings (SSSR count).